The van der Waals surface area contributed by atoms with Crippen LogP contribution in [0.5, 0.6) is 23.0 Å². The molecule has 0 atom stereocenters. The van der Waals surface area contributed by atoms with E-state index in [1.165, 1.54) is 21.3 Å². The maximum absolute atomic E-state index is 12.1. The molecule has 2 aromatic carbocycles. The number of hydrogen-bond donors (Lipinski definition) is 1. The predicted molar refractivity (Wildman–Crippen MR) is 96.2 cm³/mol. The topological polar surface area (TPSA) is 101 Å². The molecule has 0 radical (unpaired) electrons. The maximum Gasteiger partial charge on any atom is 0.341 e. The number of carbonyl (C=O) groups is 1. The number of rotatable bonds is 5. The number of aromatic nitrogens is 1. The fourth-order valence-corrected chi connectivity index (χ4v) is 2.94. The van der Waals surface area contributed by atoms with Gasteiger partial charge in [0.2, 0.25) is 11.5 Å². The van der Waals surface area contributed by atoms with Crippen LogP contribution in [-0.2, 0) is 4.74 Å². The van der Waals surface area contributed by atoms with Crippen LogP contribution in [0.15, 0.2) is 41.1 Å². The van der Waals surface area contributed by atoms with Gasteiger partial charge in [0, 0.05) is 16.8 Å². The summed E-state index contributed by atoms with van der Waals surface area (Å²) in [5.74, 6) is 1.71. The fraction of sp³-hybridized carbons (Fsp3) is 0.158. The number of ether oxygens (including phenoxy) is 3. The molecule has 0 bridgehead atoms. The van der Waals surface area contributed by atoms with Crippen LogP contribution in [-0.4, -0.2) is 32.5 Å². The summed E-state index contributed by atoms with van der Waals surface area (Å²) in [6.07, 6.45) is 1.56. The van der Waals surface area contributed by atoms with Gasteiger partial charge in [-0.2, -0.15) is 0 Å². The monoisotopic (exact) mass is 384 g/mol. The molecule has 0 amide bonds. The summed E-state index contributed by atoms with van der Waals surface area (Å²) in [6, 6.07) is 8.61. The molecule has 2 heterocycles. The Hall–Kier alpha value is -3.72. The van der Waals surface area contributed by atoms with E-state index < -0.39 is 5.97 Å². The molecule has 0 saturated heterocycles. The van der Waals surface area contributed by atoms with E-state index >= 15 is 0 Å². The largest absolute Gasteiger partial charge is 0.496 e. The third-order valence-electron chi connectivity index (χ3n) is 4.28. The van der Waals surface area contributed by atoms with Crippen LogP contribution in [0.25, 0.3) is 22.5 Å². The molecule has 0 fully saturated rings. The first-order chi connectivity index (χ1) is 13.7. The summed E-state index contributed by atoms with van der Waals surface area (Å²) in [7, 11) is 4.32. The Bertz CT molecular complexity index is 1040. The second-order valence-corrected chi connectivity index (χ2v) is 5.77. The minimum Gasteiger partial charge on any atom is -0.496 e. The second kappa shape index (κ2) is 7.12. The molecule has 0 saturated carbocycles. The van der Waals surface area contributed by atoms with Gasteiger partial charge in [-0.05, 0) is 29.8 Å². The SMILES string of the molecule is COC(=O)c1cc(-c2cnoc2-c2cc(OC)c3c(c2)ONO3)ccc1OC. The van der Waals surface area contributed by atoms with Gasteiger partial charge in [0.25, 0.3) is 0 Å². The highest BCUT2D eigenvalue weighted by Gasteiger charge is 2.25. The third-order valence-corrected chi connectivity index (χ3v) is 4.28. The maximum atomic E-state index is 12.1. The van der Waals surface area contributed by atoms with Crippen molar-refractivity contribution in [3.05, 3.63) is 42.1 Å². The Labute approximate surface area is 159 Å². The molecule has 4 rings (SSSR count). The number of hydrogen-bond acceptors (Lipinski definition) is 9. The van der Waals surface area contributed by atoms with E-state index in [2.05, 4.69) is 10.8 Å². The summed E-state index contributed by atoms with van der Waals surface area (Å²) in [4.78, 5) is 22.5. The third kappa shape index (κ3) is 2.87. The molecule has 0 aliphatic carbocycles. The van der Waals surface area contributed by atoms with Gasteiger partial charge in [0.15, 0.2) is 11.5 Å². The van der Waals surface area contributed by atoms with Gasteiger partial charge >= 0.3 is 5.97 Å². The fourth-order valence-electron chi connectivity index (χ4n) is 2.94. The van der Waals surface area contributed by atoms with E-state index in [-0.39, 0.29) is 0 Å². The Balaban J connectivity index is 1.82. The van der Waals surface area contributed by atoms with Crippen LogP contribution < -0.4 is 24.8 Å². The molecule has 0 spiro atoms. The normalized spacial score (nSPS) is 12.0. The lowest BCUT2D eigenvalue weighted by atomic mass is 9.99. The minimum absolute atomic E-state index is 0.294. The molecular formula is C19H16N2O7. The zero-order valence-corrected chi connectivity index (χ0v) is 15.3. The van der Waals surface area contributed by atoms with Crippen LogP contribution in [0.2, 0.25) is 0 Å². The van der Waals surface area contributed by atoms with Crippen molar-refractivity contribution < 1.29 is 33.2 Å². The van der Waals surface area contributed by atoms with Crippen molar-refractivity contribution in [1.82, 2.24) is 10.8 Å². The van der Waals surface area contributed by atoms with Gasteiger partial charge in [0.05, 0.1) is 27.5 Å². The molecule has 1 aliphatic heterocycles. The quantitative estimate of drug-likeness (QED) is 0.665. The van der Waals surface area contributed by atoms with Crippen molar-refractivity contribution in [2.75, 3.05) is 21.3 Å². The van der Waals surface area contributed by atoms with Gasteiger partial charge < -0.3 is 28.4 Å². The Morgan fingerprint density at radius 3 is 2.57 bits per heavy atom. The van der Waals surface area contributed by atoms with Crippen molar-refractivity contribution in [2.24, 2.45) is 0 Å². The Morgan fingerprint density at radius 1 is 1.00 bits per heavy atom. The van der Waals surface area contributed by atoms with Crippen LogP contribution in [0.4, 0.5) is 0 Å². The predicted octanol–water partition coefficient (Wildman–Crippen LogP) is 3.00. The van der Waals surface area contributed by atoms with Gasteiger partial charge in [-0.25, -0.2) is 4.79 Å². The first kappa shape index (κ1) is 17.7. The number of carbonyl (C=O) groups excluding carboxylic acids is 1. The van der Waals surface area contributed by atoms with Crippen LogP contribution in [0.3, 0.4) is 0 Å². The molecule has 3 aromatic rings. The summed E-state index contributed by atoms with van der Waals surface area (Å²) >= 11 is 0. The first-order valence-electron chi connectivity index (χ1n) is 8.18. The van der Waals surface area contributed by atoms with Gasteiger partial charge in [-0.1, -0.05) is 11.2 Å². The number of benzene rings is 2. The molecule has 28 heavy (non-hydrogen) atoms. The van der Waals surface area contributed by atoms with Crippen molar-refractivity contribution >= 4 is 5.97 Å². The zero-order valence-electron chi connectivity index (χ0n) is 15.3. The number of nitrogens with one attached hydrogen (secondary N) is 1. The lowest BCUT2D eigenvalue weighted by Crippen LogP contribution is -2.14. The summed E-state index contributed by atoms with van der Waals surface area (Å²) in [5.41, 5.74) is 4.65. The molecule has 0 unspecified atom stereocenters. The highest BCUT2D eigenvalue weighted by atomic mass is 16.9. The molecule has 9 heteroatoms. The second-order valence-electron chi connectivity index (χ2n) is 5.77. The van der Waals surface area contributed by atoms with Crippen molar-refractivity contribution in [2.45, 2.75) is 0 Å². The molecule has 1 aliphatic rings. The number of methoxy groups -OCH3 is 3. The number of nitrogens with zero attached hydrogens (tertiary/aromatic N) is 1. The van der Waals surface area contributed by atoms with Gasteiger partial charge in [-0.3, -0.25) is 0 Å². The Morgan fingerprint density at radius 2 is 1.82 bits per heavy atom. The molecule has 9 nitrogen and oxygen atoms in total. The molecule has 1 aromatic heterocycles. The first-order valence-corrected chi connectivity index (χ1v) is 8.18. The minimum atomic E-state index is -0.507. The van der Waals surface area contributed by atoms with Gasteiger partial charge in [-0.15, -0.1) is 0 Å². The van der Waals surface area contributed by atoms with Crippen LogP contribution in [0.1, 0.15) is 10.4 Å². The van der Waals surface area contributed by atoms with Crippen molar-refractivity contribution in [3.63, 3.8) is 0 Å². The van der Waals surface area contributed by atoms with E-state index in [9.17, 15) is 4.79 Å². The van der Waals surface area contributed by atoms with Crippen LogP contribution in [0, 0.1) is 0 Å². The lowest BCUT2D eigenvalue weighted by molar-refractivity contribution is 0.0248. The number of esters is 1. The van der Waals surface area contributed by atoms with Crippen molar-refractivity contribution in [3.8, 4) is 45.4 Å². The summed E-state index contributed by atoms with van der Waals surface area (Å²) in [6.45, 7) is 0. The highest BCUT2D eigenvalue weighted by Crippen LogP contribution is 2.45. The van der Waals surface area contributed by atoms with E-state index in [1.54, 1.807) is 36.5 Å². The smallest absolute Gasteiger partial charge is 0.341 e. The molecular weight excluding hydrogens is 368 g/mol. The molecule has 1 N–H and O–H groups in total. The van der Waals surface area contributed by atoms with Crippen molar-refractivity contribution in [1.29, 1.82) is 0 Å². The van der Waals surface area contributed by atoms with E-state index in [0.29, 0.717) is 51.0 Å². The van der Waals surface area contributed by atoms with Gasteiger partial charge in [0.1, 0.15) is 11.3 Å². The average molecular weight is 384 g/mol. The van der Waals surface area contributed by atoms with E-state index in [4.69, 9.17) is 28.4 Å². The zero-order chi connectivity index (χ0) is 19.7. The summed E-state index contributed by atoms with van der Waals surface area (Å²) in [5, 5.41) is 3.91. The standard InChI is InChI=1S/C19H16N2O7/c1-23-14-5-4-10(6-12(14)19(22)25-3)13-9-20-27-17(13)11-7-15(24-2)18-16(8-11)26-21-28-18/h4-9,21H,1-3H3. The van der Waals surface area contributed by atoms with Crippen LogP contribution >= 0.6 is 0 Å². The average Bonchev–Trinajstić information content (AvgIpc) is 3.41. The highest BCUT2D eigenvalue weighted by molar-refractivity contribution is 5.95. The molecule has 144 valence electrons. The summed E-state index contributed by atoms with van der Waals surface area (Å²) < 4.78 is 20.9. The van der Waals surface area contributed by atoms with E-state index in [0.717, 1.165) is 0 Å². The Kier molecular flexibility index (Phi) is 4.50. The van der Waals surface area contributed by atoms with E-state index in [1.807, 2.05) is 0 Å². The lowest BCUT2D eigenvalue weighted by Gasteiger charge is -2.10. The number of fused-ring (bicyclic) bond motifs is 1.